The third-order valence-electron chi connectivity index (χ3n) is 2.06. The summed E-state index contributed by atoms with van der Waals surface area (Å²) >= 11 is 0. The highest BCUT2D eigenvalue weighted by molar-refractivity contribution is 5.35. The second-order valence-corrected chi connectivity index (χ2v) is 3.52. The van der Waals surface area contributed by atoms with Gasteiger partial charge in [-0.15, -0.1) is 0 Å². The molecule has 1 rings (SSSR count). The van der Waals surface area contributed by atoms with E-state index in [0.717, 1.165) is 6.07 Å². The lowest BCUT2D eigenvalue weighted by Crippen LogP contribution is -2.29. The first-order valence-corrected chi connectivity index (χ1v) is 5.07. The minimum atomic E-state index is -4.45. The number of benzene rings is 1. The monoisotopic (exact) mass is 249 g/mol. The number of ether oxygens (including phenoxy) is 1. The summed E-state index contributed by atoms with van der Waals surface area (Å²) in [4.78, 5) is 0. The maximum absolute atomic E-state index is 12.6. The quantitative estimate of drug-likeness (QED) is 0.834. The Kier molecular flexibility index (Phi) is 4.77. The Morgan fingerprint density at radius 3 is 2.59 bits per heavy atom. The third-order valence-corrected chi connectivity index (χ3v) is 2.06. The number of likely N-dealkylation sites (N-methyl/N-ethyl adjacent to an activating group) is 1. The molecule has 0 spiro atoms. The second-order valence-electron chi connectivity index (χ2n) is 3.52. The highest BCUT2D eigenvalue weighted by atomic mass is 19.4. The molecule has 1 aromatic rings. The maximum Gasteiger partial charge on any atom is 0.419 e. The molecule has 3 nitrogen and oxygen atoms in total. The summed E-state index contributed by atoms with van der Waals surface area (Å²) in [5, 5.41) is 12.0. The fourth-order valence-corrected chi connectivity index (χ4v) is 1.31. The average Bonchev–Trinajstić information content (AvgIpc) is 2.26. The number of rotatable bonds is 5. The van der Waals surface area contributed by atoms with E-state index >= 15 is 0 Å². The first-order valence-electron chi connectivity index (χ1n) is 5.07. The smallest absolute Gasteiger partial charge is 0.419 e. The van der Waals surface area contributed by atoms with Gasteiger partial charge >= 0.3 is 6.18 Å². The van der Waals surface area contributed by atoms with E-state index in [9.17, 15) is 18.3 Å². The van der Waals surface area contributed by atoms with E-state index in [1.165, 1.54) is 18.2 Å². The number of halogens is 3. The van der Waals surface area contributed by atoms with Crippen molar-refractivity contribution in [3.05, 3.63) is 29.8 Å². The van der Waals surface area contributed by atoms with Gasteiger partial charge in [-0.1, -0.05) is 12.1 Å². The molecule has 0 heterocycles. The van der Waals surface area contributed by atoms with Crippen LogP contribution in [0.5, 0.6) is 5.75 Å². The summed E-state index contributed by atoms with van der Waals surface area (Å²) in [6.45, 7) is 0.0715. The predicted octanol–water partition coefficient (Wildman–Crippen LogP) is 1.66. The molecule has 0 aliphatic carbocycles. The molecule has 0 amide bonds. The van der Waals surface area contributed by atoms with Crippen molar-refractivity contribution in [1.82, 2.24) is 5.32 Å². The van der Waals surface area contributed by atoms with Gasteiger partial charge in [0.25, 0.3) is 0 Å². The SMILES string of the molecule is CNC[C@@H](O)COc1ccccc1C(F)(F)F. The molecule has 2 N–H and O–H groups in total. The molecule has 0 saturated carbocycles. The molecule has 1 atom stereocenters. The number of hydrogen-bond acceptors (Lipinski definition) is 3. The van der Waals surface area contributed by atoms with E-state index in [4.69, 9.17) is 4.74 Å². The van der Waals surface area contributed by atoms with Crippen LogP contribution in [0.3, 0.4) is 0 Å². The Labute approximate surface area is 97.2 Å². The molecule has 96 valence electrons. The first kappa shape index (κ1) is 13.8. The van der Waals surface area contributed by atoms with Crippen molar-refractivity contribution in [1.29, 1.82) is 0 Å². The van der Waals surface area contributed by atoms with Crippen molar-refractivity contribution in [2.24, 2.45) is 0 Å². The Morgan fingerprint density at radius 1 is 1.35 bits per heavy atom. The average molecular weight is 249 g/mol. The summed E-state index contributed by atoms with van der Waals surface area (Å²) in [5.74, 6) is -0.268. The zero-order chi connectivity index (χ0) is 12.9. The van der Waals surface area contributed by atoms with Crippen LogP contribution in [0.25, 0.3) is 0 Å². The summed E-state index contributed by atoms with van der Waals surface area (Å²) in [7, 11) is 1.63. The number of para-hydroxylation sites is 1. The van der Waals surface area contributed by atoms with Gasteiger partial charge in [0, 0.05) is 6.54 Å². The molecule has 17 heavy (non-hydrogen) atoms. The minimum Gasteiger partial charge on any atom is -0.490 e. The molecule has 1 aromatic carbocycles. The Balaban J connectivity index is 2.71. The van der Waals surface area contributed by atoms with E-state index < -0.39 is 17.8 Å². The second kappa shape index (κ2) is 5.88. The summed E-state index contributed by atoms with van der Waals surface area (Å²) < 4.78 is 42.7. The lowest BCUT2D eigenvalue weighted by atomic mass is 10.2. The first-order chi connectivity index (χ1) is 7.95. The van der Waals surface area contributed by atoms with Crippen LogP contribution >= 0.6 is 0 Å². The molecule has 0 aromatic heterocycles. The molecule has 0 fully saturated rings. The van der Waals surface area contributed by atoms with Gasteiger partial charge in [-0.05, 0) is 19.2 Å². The predicted molar refractivity (Wildman–Crippen MR) is 56.9 cm³/mol. The maximum atomic E-state index is 12.6. The Bertz CT molecular complexity index is 355. The van der Waals surface area contributed by atoms with E-state index in [1.807, 2.05) is 0 Å². The molecule has 0 bridgehead atoms. The van der Waals surface area contributed by atoms with Crippen molar-refractivity contribution in [3.8, 4) is 5.75 Å². The lowest BCUT2D eigenvalue weighted by molar-refractivity contribution is -0.139. The molecule has 0 radical (unpaired) electrons. The molecule has 0 aliphatic rings. The zero-order valence-electron chi connectivity index (χ0n) is 9.29. The lowest BCUT2D eigenvalue weighted by Gasteiger charge is -2.16. The molecular weight excluding hydrogens is 235 g/mol. The van der Waals surface area contributed by atoms with Gasteiger partial charge in [-0.25, -0.2) is 0 Å². The number of hydrogen-bond donors (Lipinski definition) is 2. The third kappa shape index (κ3) is 4.24. The van der Waals surface area contributed by atoms with Crippen LogP contribution in [0.4, 0.5) is 13.2 Å². The van der Waals surface area contributed by atoms with Crippen LogP contribution in [-0.2, 0) is 6.18 Å². The molecule has 0 saturated heterocycles. The van der Waals surface area contributed by atoms with Gasteiger partial charge in [-0.3, -0.25) is 0 Å². The van der Waals surface area contributed by atoms with Crippen LogP contribution in [0.1, 0.15) is 5.56 Å². The fourth-order valence-electron chi connectivity index (χ4n) is 1.31. The Hall–Kier alpha value is -1.27. The summed E-state index contributed by atoms with van der Waals surface area (Å²) in [5.41, 5.74) is -0.836. The van der Waals surface area contributed by atoms with Crippen LogP contribution in [0, 0.1) is 0 Å². The van der Waals surface area contributed by atoms with E-state index in [1.54, 1.807) is 7.05 Å². The van der Waals surface area contributed by atoms with Crippen molar-refractivity contribution in [3.63, 3.8) is 0 Å². The van der Waals surface area contributed by atoms with Gasteiger partial charge < -0.3 is 15.2 Å². The normalized spacial score (nSPS) is 13.5. The van der Waals surface area contributed by atoms with E-state index in [-0.39, 0.29) is 18.9 Å². The van der Waals surface area contributed by atoms with Crippen LogP contribution in [0.2, 0.25) is 0 Å². The van der Waals surface area contributed by atoms with Crippen molar-refractivity contribution < 1.29 is 23.0 Å². The number of aliphatic hydroxyl groups is 1. The number of alkyl halides is 3. The van der Waals surface area contributed by atoms with Gasteiger partial charge in [0.05, 0.1) is 5.56 Å². The van der Waals surface area contributed by atoms with Crippen molar-refractivity contribution >= 4 is 0 Å². The highest BCUT2D eigenvalue weighted by Crippen LogP contribution is 2.35. The standard InChI is InChI=1S/C11H14F3NO2/c1-15-6-8(16)7-17-10-5-3-2-4-9(10)11(12,13)14/h2-5,8,15-16H,6-7H2,1H3/t8-/m1/s1. The fraction of sp³-hybridized carbons (Fsp3) is 0.455. The highest BCUT2D eigenvalue weighted by Gasteiger charge is 2.34. The topological polar surface area (TPSA) is 41.5 Å². The van der Waals surface area contributed by atoms with Crippen LogP contribution in [0.15, 0.2) is 24.3 Å². The van der Waals surface area contributed by atoms with Gasteiger partial charge in [-0.2, -0.15) is 13.2 Å². The molecule has 6 heteroatoms. The number of nitrogens with one attached hydrogen (secondary N) is 1. The summed E-state index contributed by atoms with van der Waals surface area (Å²) in [6, 6.07) is 4.92. The van der Waals surface area contributed by atoms with Gasteiger partial charge in [0.2, 0.25) is 0 Å². The van der Waals surface area contributed by atoms with E-state index in [0.29, 0.717) is 0 Å². The molecule has 0 aliphatic heterocycles. The van der Waals surface area contributed by atoms with Crippen LogP contribution < -0.4 is 10.1 Å². The Morgan fingerprint density at radius 2 is 2.00 bits per heavy atom. The van der Waals surface area contributed by atoms with E-state index in [2.05, 4.69) is 5.32 Å². The summed E-state index contributed by atoms with van der Waals surface area (Å²) in [6.07, 6.45) is -5.30. The van der Waals surface area contributed by atoms with Crippen molar-refractivity contribution in [2.75, 3.05) is 20.2 Å². The molecule has 0 unspecified atom stereocenters. The van der Waals surface area contributed by atoms with Crippen LogP contribution in [-0.4, -0.2) is 31.4 Å². The largest absolute Gasteiger partial charge is 0.490 e. The van der Waals surface area contributed by atoms with Crippen molar-refractivity contribution in [2.45, 2.75) is 12.3 Å². The zero-order valence-corrected chi connectivity index (χ0v) is 9.29. The van der Waals surface area contributed by atoms with Gasteiger partial charge in [0.15, 0.2) is 0 Å². The number of aliphatic hydroxyl groups excluding tert-OH is 1. The minimum absolute atomic E-state index is 0.187. The van der Waals surface area contributed by atoms with Gasteiger partial charge in [0.1, 0.15) is 18.5 Å². The molecular formula is C11H14F3NO2.